The number of halogens is 1. The summed E-state index contributed by atoms with van der Waals surface area (Å²) in [7, 11) is 1.43. The van der Waals surface area contributed by atoms with Crippen molar-refractivity contribution in [2.24, 2.45) is 0 Å². The van der Waals surface area contributed by atoms with Crippen LogP contribution in [0.25, 0.3) is 11.3 Å². The number of nitrogens with one attached hydrogen (secondary N) is 1. The lowest BCUT2D eigenvalue weighted by Gasteiger charge is -2.08. The van der Waals surface area contributed by atoms with Crippen molar-refractivity contribution in [2.45, 2.75) is 6.92 Å². The molecule has 0 atom stereocenters. The van der Waals surface area contributed by atoms with Crippen molar-refractivity contribution >= 4 is 17.6 Å². The van der Waals surface area contributed by atoms with Crippen molar-refractivity contribution in [1.29, 1.82) is 0 Å². The van der Waals surface area contributed by atoms with E-state index in [2.05, 4.69) is 15.4 Å². The first-order valence-electron chi connectivity index (χ1n) is 5.73. The van der Waals surface area contributed by atoms with E-state index in [4.69, 9.17) is 21.1 Å². The number of esters is 1. The molecule has 0 spiro atoms. The van der Waals surface area contributed by atoms with Gasteiger partial charge in [0.1, 0.15) is 17.2 Å². The number of aromatic nitrogens is 3. The van der Waals surface area contributed by atoms with Crippen LogP contribution in [0.2, 0.25) is 5.02 Å². The van der Waals surface area contributed by atoms with Crippen LogP contribution < -0.4 is 4.74 Å². The first-order valence-corrected chi connectivity index (χ1v) is 6.11. The van der Waals surface area contributed by atoms with E-state index in [1.165, 1.54) is 19.2 Å². The van der Waals surface area contributed by atoms with Crippen molar-refractivity contribution in [3.05, 3.63) is 22.8 Å². The maximum absolute atomic E-state index is 11.7. The number of carbonyl (C=O) groups is 1. The topological polar surface area (TPSA) is 97.3 Å². The van der Waals surface area contributed by atoms with Crippen molar-refractivity contribution in [2.75, 3.05) is 13.7 Å². The van der Waals surface area contributed by atoms with Crippen LogP contribution in [0.1, 0.15) is 17.4 Å². The molecule has 0 bridgehead atoms. The van der Waals surface area contributed by atoms with Crippen LogP contribution in [0.15, 0.2) is 12.1 Å². The molecule has 0 saturated heterocycles. The SMILES string of the molecule is CCOC(=O)c1n[nH]nc1-c1cc(Cl)c(OC)cc1O. The minimum absolute atomic E-state index is 0.0246. The van der Waals surface area contributed by atoms with Gasteiger partial charge in [0, 0.05) is 11.6 Å². The van der Waals surface area contributed by atoms with E-state index in [9.17, 15) is 9.90 Å². The van der Waals surface area contributed by atoms with E-state index in [0.29, 0.717) is 5.75 Å². The summed E-state index contributed by atoms with van der Waals surface area (Å²) in [4.78, 5) is 11.7. The summed E-state index contributed by atoms with van der Waals surface area (Å²) in [5.74, 6) is -0.456. The van der Waals surface area contributed by atoms with Crippen LogP contribution in [-0.4, -0.2) is 40.2 Å². The van der Waals surface area contributed by atoms with Gasteiger partial charge in [0.2, 0.25) is 0 Å². The smallest absolute Gasteiger partial charge is 0.361 e. The summed E-state index contributed by atoms with van der Waals surface area (Å²) in [6.07, 6.45) is 0. The molecular formula is C12H12ClN3O4. The molecule has 1 aromatic carbocycles. The highest BCUT2D eigenvalue weighted by Crippen LogP contribution is 2.37. The third-order valence-electron chi connectivity index (χ3n) is 2.54. The fraction of sp³-hybridized carbons (Fsp3) is 0.250. The van der Waals surface area contributed by atoms with E-state index < -0.39 is 5.97 Å². The Morgan fingerprint density at radius 1 is 1.45 bits per heavy atom. The maximum atomic E-state index is 11.7. The van der Waals surface area contributed by atoms with Gasteiger partial charge in [-0.3, -0.25) is 0 Å². The summed E-state index contributed by atoms with van der Waals surface area (Å²) in [6.45, 7) is 1.89. The number of rotatable bonds is 4. The average molecular weight is 298 g/mol. The second kappa shape index (κ2) is 5.79. The molecule has 1 aromatic heterocycles. The number of phenols is 1. The van der Waals surface area contributed by atoms with Gasteiger partial charge in [-0.1, -0.05) is 11.6 Å². The van der Waals surface area contributed by atoms with Crippen molar-refractivity contribution in [3.8, 4) is 22.8 Å². The van der Waals surface area contributed by atoms with E-state index in [1.54, 1.807) is 6.92 Å². The largest absolute Gasteiger partial charge is 0.507 e. The van der Waals surface area contributed by atoms with Gasteiger partial charge >= 0.3 is 5.97 Å². The third-order valence-corrected chi connectivity index (χ3v) is 2.84. The van der Waals surface area contributed by atoms with Gasteiger partial charge in [-0.05, 0) is 13.0 Å². The second-order valence-electron chi connectivity index (χ2n) is 3.75. The lowest BCUT2D eigenvalue weighted by Crippen LogP contribution is -2.06. The Kier molecular flexibility index (Phi) is 4.09. The highest BCUT2D eigenvalue weighted by atomic mass is 35.5. The van der Waals surface area contributed by atoms with Gasteiger partial charge < -0.3 is 14.6 Å². The number of aromatic amines is 1. The number of carbonyl (C=O) groups excluding carboxylic acids is 1. The highest BCUT2D eigenvalue weighted by Gasteiger charge is 2.22. The van der Waals surface area contributed by atoms with Crippen LogP contribution in [0, 0.1) is 0 Å². The van der Waals surface area contributed by atoms with Crippen LogP contribution >= 0.6 is 11.6 Å². The number of phenolic OH excluding ortho intramolecular Hbond substituents is 1. The van der Waals surface area contributed by atoms with Crippen LogP contribution in [0.3, 0.4) is 0 Å². The monoisotopic (exact) mass is 297 g/mol. The highest BCUT2D eigenvalue weighted by molar-refractivity contribution is 6.32. The van der Waals surface area contributed by atoms with Gasteiger partial charge in [0.05, 0.1) is 18.7 Å². The second-order valence-corrected chi connectivity index (χ2v) is 4.15. The molecule has 8 heteroatoms. The molecule has 2 N–H and O–H groups in total. The molecule has 0 unspecified atom stereocenters. The zero-order valence-electron chi connectivity index (χ0n) is 10.8. The molecule has 106 valence electrons. The number of hydrogen-bond donors (Lipinski definition) is 2. The predicted molar refractivity (Wildman–Crippen MR) is 71.0 cm³/mol. The number of methoxy groups -OCH3 is 1. The van der Waals surface area contributed by atoms with Crippen LogP contribution in [-0.2, 0) is 4.74 Å². The van der Waals surface area contributed by atoms with E-state index in [-0.39, 0.29) is 34.3 Å². The van der Waals surface area contributed by atoms with Crippen molar-refractivity contribution in [1.82, 2.24) is 15.4 Å². The van der Waals surface area contributed by atoms with Gasteiger partial charge in [0.15, 0.2) is 5.69 Å². The van der Waals surface area contributed by atoms with E-state index >= 15 is 0 Å². The van der Waals surface area contributed by atoms with E-state index in [1.807, 2.05) is 0 Å². The molecule has 2 aromatic rings. The normalized spacial score (nSPS) is 10.3. The zero-order chi connectivity index (χ0) is 14.7. The maximum Gasteiger partial charge on any atom is 0.361 e. The van der Waals surface area contributed by atoms with Gasteiger partial charge in [0.25, 0.3) is 0 Å². The fourth-order valence-electron chi connectivity index (χ4n) is 1.65. The predicted octanol–water partition coefficient (Wildman–Crippen LogP) is 2.02. The summed E-state index contributed by atoms with van der Waals surface area (Å²) in [6, 6.07) is 2.78. The molecule has 0 aliphatic heterocycles. The number of ether oxygens (including phenoxy) is 2. The van der Waals surface area contributed by atoms with Gasteiger partial charge in [-0.2, -0.15) is 10.3 Å². The first-order chi connectivity index (χ1) is 9.58. The summed E-state index contributed by atoms with van der Waals surface area (Å²) in [5, 5.41) is 20.2. The molecule has 0 radical (unpaired) electrons. The molecule has 7 nitrogen and oxygen atoms in total. The minimum atomic E-state index is -0.636. The Morgan fingerprint density at radius 2 is 2.20 bits per heavy atom. The fourth-order valence-corrected chi connectivity index (χ4v) is 1.89. The third kappa shape index (κ3) is 2.53. The quantitative estimate of drug-likeness (QED) is 0.838. The number of nitrogens with zero attached hydrogens (tertiary/aromatic N) is 2. The first kappa shape index (κ1) is 14.1. The number of H-pyrrole nitrogens is 1. The molecule has 0 fully saturated rings. The number of benzene rings is 1. The van der Waals surface area contributed by atoms with Gasteiger partial charge in [-0.15, -0.1) is 5.10 Å². The Balaban J connectivity index is 2.50. The Hall–Kier alpha value is -2.28. The zero-order valence-corrected chi connectivity index (χ0v) is 11.6. The molecule has 0 aliphatic rings. The molecule has 0 amide bonds. The number of hydrogen-bond acceptors (Lipinski definition) is 6. The minimum Gasteiger partial charge on any atom is -0.507 e. The molecule has 0 saturated carbocycles. The molecule has 20 heavy (non-hydrogen) atoms. The molecule has 1 heterocycles. The standard InChI is InChI=1S/C12H12ClN3O4/c1-3-20-12(18)11-10(14-16-15-11)6-4-7(13)9(19-2)5-8(6)17/h4-5,17H,3H2,1-2H3,(H,14,15,16). The Bertz CT molecular complexity index is 642. The summed E-state index contributed by atoms with van der Waals surface area (Å²) < 4.78 is 9.85. The molecular weight excluding hydrogens is 286 g/mol. The lowest BCUT2D eigenvalue weighted by molar-refractivity contribution is 0.0520. The van der Waals surface area contributed by atoms with Crippen LogP contribution in [0.4, 0.5) is 0 Å². The Morgan fingerprint density at radius 3 is 2.85 bits per heavy atom. The number of aromatic hydroxyl groups is 1. The van der Waals surface area contributed by atoms with Crippen molar-refractivity contribution < 1.29 is 19.4 Å². The van der Waals surface area contributed by atoms with Crippen molar-refractivity contribution in [3.63, 3.8) is 0 Å². The van der Waals surface area contributed by atoms with Gasteiger partial charge in [-0.25, -0.2) is 4.79 Å². The molecule has 2 rings (SSSR count). The average Bonchev–Trinajstić information content (AvgIpc) is 2.90. The van der Waals surface area contributed by atoms with E-state index in [0.717, 1.165) is 0 Å². The molecule has 0 aliphatic carbocycles. The Labute approximate surface area is 119 Å². The summed E-state index contributed by atoms with van der Waals surface area (Å²) in [5.41, 5.74) is 0.390. The summed E-state index contributed by atoms with van der Waals surface area (Å²) >= 11 is 6.00. The van der Waals surface area contributed by atoms with Crippen LogP contribution in [0.5, 0.6) is 11.5 Å². The lowest BCUT2D eigenvalue weighted by atomic mass is 10.1.